The fraction of sp³-hybridized carbons (Fsp3) is 0.250. The lowest BCUT2D eigenvalue weighted by Gasteiger charge is -2.30. The van der Waals surface area contributed by atoms with Gasteiger partial charge in [-0.15, -0.1) is 0 Å². The molecule has 1 aliphatic heterocycles. The van der Waals surface area contributed by atoms with Crippen LogP contribution in [-0.2, 0) is 9.59 Å². The highest BCUT2D eigenvalue weighted by Gasteiger charge is 2.51. The van der Waals surface area contributed by atoms with Crippen LogP contribution >= 0.6 is 11.6 Å². The van der Waals surface area contributed by atoms with Gasteiger partial charge in [0.1, 0.15) is 12.3 Å². The summed E-state index contributed by atoms with van der Waals surface area (Å²) < 4.78 is 5.11. The van der Waals surface area contributed by atoms with E-state index in [1.807, 2.05) is 12.2 Å². The van der Waals surface area contributed by atoms with Gasteiger partial charge in [0.05, 0.1) is 18.9 Å². The zero-order chi connectivity index (χ0) is 22.8. The summed E-state index contributed by atoms with van der Waals surface area (Å²) in [5, 5.41) is 2.26. The van der Waals surface area contributed by atoms with Crippen LogP contribution in [0.15, 0.2) is 60.7 Å². The molecule has 0 N–H and O–H groups in total. The molecule has 1 fully saturated rings. The Labute approximate surface area is 190 Å². The van der Waals surface area contributed by atoms with Gasteiger partial charge in [-0.3, -0.25) is 19.2 Å². The van der Waals surface area contributed by atoms with Crippen molar-refractivity contribution in [3.05, 3.63) is 76.8 Å². The number of ether oxygens (including phenoxy) is 1. The first-order chi connectivity index (χ1) is 15.4. The number of hydrogen-bond acceptors (Lipinski definition) is 5. The van der Waals surface area contributed by atoms with Crippen molar-refractivity contribution in [3.8, 4) is 5.75 Å². The minimum Gasteiger partial charge on any atom is -0.497 e. The maximum absolute atomic E-state index is 13.4. The van der Waals surface area contributed by atoms with Crippen LogP contribution in [-0.4, -0.2) is 47.2 Å². The number of hydrazine groups is 1. The molecule has 2 aliphatic rings. The number of benzene rings is 2. The number of rotatable bonds is 6. The molecule has 1 saturated heterocycles. The predicted octanol–water partition coefficient (Wildman–Crippen LogP) is 3.54. The molecule has 0 saturated carbocycles. The first kappa shape index (κ1) is 21.8. The summed E-state index contributed by atoms with van der Waals surface area (Å²) in [5.74, 6) is -2.44. The molecule has 0 radical (unpaired) electrons. The zero-order valence-electron chi connectivity index (χ0n) is 17.4. The van der Waals surface area contributed by atoms with Crippen LogP contribution in [0.3, 0.4) is 0 Å². The van der Waals surface area contributed by atoms with Crippen molar-refractivity contribution in [3.63, 3.8) is 0 Å². The quantitative estimate of drug-likeness (QED) is 0.380. The minimum atomic E-state index is -0.628. The number of Topliss-reactive ketones (excluding diaryl/α,β-unsaturated/α-hetero) is 1. The average Bonchev–Trinajstić information content (AvgIpc) is 3.07. The van der Waals surface area contributed by atoms with Crippen molar-refractivity contribution in [2.45, 2.75) is 12.8 Å². The number of carbonyl (C=O) groups is 4. The number of hydrogen-bond donors (Lipinski definition) is 0. The summed E-state index contributed by atoms with van der Waals surface area (Å²) >= 11 is 5.93. The molecule has 2 atom stereocenters. The molecule has 1 heterocycles. The number of carbonyl (C=O) groups excluding carboxylic acids is 4. The van der Waals surface area contributed by atoms with Crippen LogP contribution in [0.1, 0.15) is 33.6 Å². The largest absolute Gasteiger partial charge is 0.497 e. The van der Waals surface area contributed by atoms with E-state index < -0.39 is 41.9 Å². The number of imide groups is 1. The van der Waals surface area contributed by atoms with Crippen molar-refractivity contribution in [2.24, 2.45) is 11.8 Å². The van der Waals surface area contributed by atoms with Crippen molar-refractivity contribution in [1.29, 1.82) is 0 Å². The first-order valence-corrected chi connectivity index (χ1v) is 10.6. The standard InChI is InChI=1S/C24H21ClN2O5/c1-32-18-12-8-15(9-13-18)21(28)14-26(22(29)16-6-10-17(25)11-7-16)27-23(30)19-4-2-3-5-20(19)24(27)31/h2-3,6-13,19-20H,4-5,14H2,1H3/t19-,20-/m0/s1. The molecule has 0 unspecified atom stereocenters. The lowest BCUT2D eigenvalue weighted by molar-refractivity contribution is -0.154. The van der Waals surface area contributed by atoms with Crippen LogP contribution in [0.4, 0.5) is 0 Å². The first-order valence-electron chi connectivity index (χ1n) is 10.2. The average molecular weight is 453 g/mol. The molecule has 4 rings (SSSR count). The number of methoxy groups -OCH3 is 1. The number of amides is 3. The second kappa shape index (κ2) is 8.96. The molecule has 3 amide bonds. The Morgan fingerprint density at radius 1 is 0.938 bits per heavy atom. The van der Waals surface area contributed by atoms with Crippen LogP contribution in [0.2, 0.25) is 5.02 Å². The third-order valence-corrected chi connectivity index (χ3v) is 6.01. The molecule has 7 nitrogen and oxygen atoms in total. The lowest BCUT2D eigenvalue weighted by Crippen LogP contribution is -2.52. The maximum atomic E-state index is 13.4. The molecule has 164 valence electrons. The Bertz CT molecular complexity index is 1070. The number of allylic oxidation sites excluding steroid dienone is 2. The summed E-state index contributed by atoms with van der Waals surface area (Å²) in [6.07, 6.45) is 4.59. The van der Waals surface area contributed by atoms with Gasteiger partial charge in [0.25, 0.3) is 17.7 Å². The van der Waals surface area contributed by atoms with Gasteiger partial charge in [0.2, 0.25) is 0 Å². The van der Waals surface area contributed by atoms with Gasteiger partial charge in [0.15, 0.2) is 5.78 Å². The molecular formula is C24H21ClN2O5. The predicted molar refractivity (Wildman–Crippen MR) is 117 cm³/mol. The molecule has 1 aliphatic carbocycles. The topological polar surface area (TPSA) is 84.0 Å². The molecule has 0 aromatic heterocycles. The molecule has 2 aromatic rings. The smallest absolute Gasteiger partial charge is 0.273 e. The Morgan fingerprint density at radius 2 is 1.47 bits per heavy atom. The van der Waals surface area contributed by atoms with Crippen molar-refractivity contribution in [2.75, 3.05) is 13.7 Å². The molecule has 2 aromatic carbocycles. The van der Waals surface area contributed by atoms with E-state index in [2.05, 4.69) is 0 Å². The zero-order valence-corrected chi connectivity index (χ0v) is 18.1. The number of fused-ring (bicyclic) bond motifs is 1. The van der Waals surface area contributed by atoms with Gasteiger partial charge in [-0.2, -0.15) is 5.01 Å². The molecule has 8 heteroatoms. The van der Waals surface area contributed by atoms with E-state index in [0.717, 1.165) is 10.0 Å². The van der Waals surface area contributed by atoms with Crippen molar-refractivity contribution >= 4 is 35.1 Å². The van der Waals surface area contributed by atoms with E-state index in [4.69, 9.17) is 16.3 Å². The van der Waals surface area contributed by atoms with Crippen molar-refractivity contribution in [1.82, 2.24) is 10.0 Å². The van der Waals surface area contributed by atoms with E-state index in [1.54, 1.807) is 24.3 Å². The summed E-state index contributed by atoms with van der Waals surface area (Å²) in [7, 11) is 1.52. The van der Waals surface area contributed by atoms with Gasteiger partial charge in [-0.25, -0.2) is 5.01 Å². The van der Waals surface area contributed by atoms with E-state index in [0.29, 0.717) is 29.2 Å². The fourth-order valence-corrected chi connectivity index (χ4v) is 4.13. The minimum absolute atomic E-state index is 0.213. The molecule has 0 spiro atoms. The van der Waals surface area contributed by atoms with Crippen LogP contribution in [0, 0.1) is 11.8 Å². The Balaban J connectivity index is 1.67. The van der Waals surface area contributed by atoms with E-state index in [9.17, 15) is 19.2 Å². The lowest BCUT2D eigenvalue weighted by atomic mass is 9.85. The SMILES string of the molecule is COc1ccc(C(=O)CN(C(=O)c2ccc(Cl)cc2)N2C(=O)[C@H]3CC=CC[C@@H]3C2=O)cc1. The monoisotopic (exact) mass is 452 g/mol. The number of nitrogens with zero attached hydrogens (tertiary/aromatic N) is 2. The van der Waals surface area contributed by atoms with Gasteiger partial charge in [-0.05, 0) is 61.4 Å². The number of ketones is 1. The highest BCUT2D eigenvalue weighted by molar-refractivity contribution is 6.30. The Morgan fingerprint density at radius 3 is 2.00 bits per heavy atom. The summed E-state index contributed by atoms with van der Waals surface area (Å²) in [6.45, 7) is -0.460. The van der Waals surface area contributed by atoms with Crippen LogP contribution < -0.4 is 4.74 Å². The Kier molecular flexibility index (Phi) is 6.10. The third kappa shape index (κ3) is 4.03. The summed E-state index contributed by atoms with van der Waals surface area (Å²) in [5.41, 5.74) is 0.545. The van der Waals surface area contributed by atoms with Gasteiger partial charge < -0.3 is 4.74 Å². The van der Waals surface area contributed by atoms with E-state index in [-0.39, 0.29) is 5.56 Å². The molecule has 32 heavy (non-hydrogen) atoms. The Hall–Kier alpha value is -3.45. The van der Waals surface area contributed by atoms with E-state index >= 15 is 0 Å². The van der Waals surface area contributed by atoms with E-state index in [1.165, 1.54) is 31.4 Å². The van der Waals surface area contributed by atoms with Gasteiger partial charge >= 0.3 is 0 Å². The van der Waals surface area contributed by atoms with Crippen molar-refractivity contribution < 1.29 is 23.9 Å². The van der Waals surface area contributed by atoms with Gasteiger partial charge in [-0.1, -0.05) is 23.8 Å². The summed E-state index contributed by atoms with van der Waals surface area (Å²) in [6, 6.07) is 12.5. The maximum Gasteiger partial charge on any atom is 0.273 e. The fourth-order valence-electron chi connectivity index (χ4n) is 4.00. The normalized spacial score (nSPS) is 19.6. The summed E-state index contributed by atoms with van der Waals surface area (Å²) in [4.78, 5) is 52.6. The molecular weight excluding hydrogens is 432 g/mol. The van der Waals surface area contributed by atoms with Gasteiger partial charge in [0, 0.05) is 16.1 Å². The second-order valence-corrected chi connectivity index (χ2v) is 8.10. The third-order valence-electron chi connectivity index (χ3n) is 5.76. The second-order valence-electron chi connectivity index (χ2n) is 7.67. The molecule has 0 bridgehead atoms. The number of halogens is 1. The van der Waals surface area contributed by atoms with Crippen LogP contribution in [0.25, 0.3) is 0 Å². The highest BCUT2D eigenvalue weighted by Crippen LogP contribution is 2.36. The highest BCUT2D eigenvalue weighted by atomic mass is 35.5. The van der Waals surface area contributed by atoms with Crippen LogP contribution in [0.5, 0.6) is 5.75 Å².